The molecule has 1 aliphatic heterocycles. The molecule has 0 bridgehead atoms. The molecule has 0 unspecified atom stereocenters. The molecule has 1 aliphatic rings. The Balaban J connectivity index is 1.47. The first-order valence-corrected chi connectivity index (χ1v) is 17.8. The molecule has 9 aromatic rings. The van der Waals surface area contributed by atoms with E-state index in [1.54, 1.807) is 0 Å². The van der Waals surface area contributed by atoms with Crippen LogP contribution in [0.3, 0.4) is 0 Å². The molecule has 52 heavy (non-hydrogen) atoms. The molecule has 0 radical (unpaired) electrons. The minimum atomic E-state index is -0.636. The molecular weight excluding hydrogens is 631 g/mol. The number of anilines is 3. The number of fused-ring (bicyclic) bond motifs is 6. The molecule has 10 rings (SSSR count). The van der Waals surface area contributed by atoms with Crippen LogP contribution in [-0.4, -0.2) is 9.97 Å². The maximum absolute atomic E-state index is 4.95. The van der Waals surface area contributed by atoms with Gasteiger partial charge in [-0.3, -0.25) is 9.97 Å². The first-order valence-electron chi connectivity index (χ1n) is 17.8. The zero-order valence-electron chi connectivity index (χ0n) is 28.4. The number of rotatable bonds is 5. The highest BCUT2D eigenvalue weighted by Crippen LogP contribution is 2.62. The largest absolute Gasteiger partial charge is 0.307 e. The summed E-state index contributed by atoms with van der Waals surface area (Å²) in [7, 11) is 0. The van der Waals surface area contributed by atoms with Crippen LogP contribution in [0.5, 0.6) is 0 Å². The lowest BCUT2D eigenvalue weighted by atomic mass is 9.61. The maximum Gasteiger partial charge on any atom is 0.0742 e. The maximum atomic E-state index is 4.95. The van der Waals surface area contributed by atoms with Gasteiger partial charge in [0.15, 0.2) is 0 Å². The number of aromatic nitrogens is 2. The summed E-state index contributed by atoms with van der Waals surface area (Å²) in [4.78, 5) is 12.5. The Morgan fingerprint density at radius 3 is 1.25 bits per heavy atom. The van der Waals surface area contributed by atoms with Crippen LogP contribution in [0, 0.1) is 0 Å². The van der Waals surface area contributed by atoms with Gasteiger partial charge in [-0.25, -0.2) is 0 Å². The van der Waals surface area contributed by atoms with Crippen LogP contribution in [0.2, 0.25) is 0 Å². The molecule has 3 heteroatoms. The number of hydrogen-bond donors (Lipinski definition) is 0. The molecule has 0 amide bonds. The smallest absolute Gasteiger partial charge is 0.0742 e. The molecule has 7 aromatic carbocycles. The fourth-order valence-corrected chi connectivity index (χ4v) is 8.48. The molecule has 0 spiro atoms. The van der Waals surface area contributed by atoms with E-state index >= 15 is 0 Å². The molecular formula is C49H33N3. The number of para-hydroxylation sites is 1. The van der Waals surface area contributed by atoms with Gasteiger partial charge in [-0.2, -0.15) is 0 Å². The van der Waals surface area contributed by atoms with Crippen LogP contribution in [0.25, 0.3) is 44.1 Å². The van der Waals surface area contributed by atoms with Crippen LogP contribution in [0.15, 0.2) is 200 Å². The molecule has 0 N–H and O–H groups in total. The Morgan fingerprint density at radius 1 is 0.346 bits per heavy atom. The summed E-state index contributed by atoms with van der Waals surface area (Å²) >= 11 is 0. The van der Waals surface area contributed by atoms with E-state index in [-0.39, 0.29) is 0 Å². The average Bonchev–Trinajstić information content (AvgIpc) is 3.23. The minimum absolute atomic E-state index is 0.636. The van der Waals surface area contributed by atoms with Gasteiger partial charge in [0.05, 0.1) is 33.9 Å². The molecule has 0 saturated carbocycles. The molecule has 3 heterocycles. The van der Waals surface area contributed by atoms with Crippen molar-refractivity contribution in [1.29, 1.82) is 0 Å². The number of hydrogen-bond acceptors (Lipinski definition) is 3. The van der Waals surface area contributed by atoms with Gasteiger partial charge in [0, 0.05) is 34.3 Å². The summed E-state index contributed by atoms with van der Waals surface area (Å²) in [5.41, 5.74) is 11.5. The second-order valence-corrected chi connectivity index (χ2v) is 13.3. The van der Waals surface area contributed by atoms with E-state index in [0.717, 1.165) is 39.6 Å². The van der Waals surface area contributed by atoms with E-state index < -0.39 is 5.41 Å². The van der Waals surface area contributed by atoms with Gasteiger partial charge in [-0.1, -0.05) is 164 Å². The minimum Gasteiger partial charge on any atom is -0.307 e. The molecule has 244 valence electrons. The molecule has 0 atom stereocenters. The topological polar surface area (TPSA) is 29.0 Å². The monoisotopic (exact) mass is 663 g/mol. The highest BCUT2D eigenvalue weighted by Gasteiger charge is 2.48. The van der Waals surface area contributed by atoms with Gasteiger partial charge in [-0.15, -0.1) is 0 Å². The molecule has 3 nitrogen and oxygen atoms in total. The van der Waals surface area contributed by atoms with Gasteiger partial charge in [0.1, 0.15) is 0 Å². The third-order valence-corrected chi connectivity index (χ3v) is 10.6. The Morgan fingerprint density at radius 2 is 0.788 bits per heavy atom. The Hall–Kier alpha value is -6.84. The predicted molar refractivity (Wildman–Crippen MR) is 214 cm³/mol. The quantitative estimate of drug-likeness (QED) is 0.183. The first-order chi connectivity index (χ1) is 25.8. The van der Waals surface area contributed by atoms with Crippen molar-refractivity contribution in [2.24, 2.45) is 0 Å². The third kappa shape index (κ3) is 4.46. The van der Waals surface area contributed by atoms with Crippen LogP contribution in [0.1, 0.15) is 22.3 Å². The average molecular weight is 664 g/mol. The fraction of sp³-hybridized carbons (Fsp3) is 0.0204. The van der Waals surface area contributed by atoms with E-state index in [9.17, 15) is 0 Å². The summed E-state index contributed by atoms with van der Waals surface area (Å²) in [6.45, 7) is 0. The second kappa shape index (κ2) is 12.2. The summed E-state index contributed by atoms with van der Waals surface area (Å²) in [6, 6.07) is 67.9. The van der Waals surface area contributed by atoms with Crippen LogP contribution < -0.4 is 4.90 Å². The highest BCUT2D eigenvalue weighted by molar-refractivity contribution is 6.13. The molecule has 0 aliphatic carbocycles. The van der Waals surface area contributed by atoms with E-state index in [2.05, 4.69) is 181 Å². The van der Waals surface area contributed by atoms with Crippen molar-refractivity contribution >= 4 is 38.6 Å². The summed E-state index contributed by atoms with van der Waals surface area (Å²) < 4.78 is 0. The number of nitrogens with zero attached hydrogens (tertiary/aromatic N) is 3. The van der Waals surface area contributed by atoms with E-state index in [4.69, 9.17) is 9.97 Å². The Kier molecular flexibility index (Phi) is 7.04. The lowest BCUT2D eigenvalue weighted by Crippen LogP contribution is -2.38. The summed E-state index contributed by atoms with van der Waals surface area (Å²) in [5.74, 6) is 0. The van der Waals surface area contributed by atoms with E-state index in [0.29, 0.717) is 0 Å². The van der Waals surface area contributed by atoms with Crippen molar-refractivity contribution in [3.8, 4) is 22.5 Å². The van der Waals surface area contributed by atoms with Crippen molar-refractivity contribution in [1.82, 2.24) is 9.97 Å². The van der Waals surface area contributed by atoms with Crippen LogP contribution >= 0.6 is 0 Å². The van der Waals surface area contributed by atoms with Gasteiger partial charge in [0.2, 0.25) is 0 Å². The van der Waals surface area contributed by atoms with Crippen LogP contribution in [-0.2, 0) is 5.41 Å². The summed E-state index contributed by atoms with van der Waals surface area (Å²) in [5, 5.41) is 4.72. The van der Waals surface area contributed by atoms with Crippen molar-refractivity contribution in [2.75, 3.05) is 4.90 Å². The van der Waals surface area contributed by atoms with Crippen molar-refractivity contribution < 1.29 is 0 Å². The fourth-order valence-electron chi connectivity index (χ4n) is 8.48. The predicted octanol–water partition coefficient (Wildman–Crippen LogP) is 12.3. The Bertz CT molecular complexity index is 2540. The first kappa shape index (κ1) is 30.0. The number of benzene rings is 7. The zero-order valence-corrected chi connectivity index (χ0v) is 28.4. The van der Waals surface area contributed by atoms with Gasteiger partial charge >= 0.3 is 0 Å². The lowest BCUT2D eigenvalue weighted by molar-refractivity contribution is 0.735. The zero-order chi connectivity index (χ0) is 34.5. The lowest BCUT2D eigenvalue weighted by Gasteiger charge is -2.48. The van der Waals surface area contributed by atoms with Crippen LogP contribution in [0.4, 0.5) is 17.1 Å². The van der Waals surface area contributed by atoms with Gasteiger partial charge in [-0.05, 0) is 57.3 Å². The number of pyridine rings is 2. The third-order valence-electron chi connectivity index (χ3n) is 10.6. The van der Waals surface area contributed by atoms with Gasteiger partial charge in [0.25, 0.3) is 0 Å². The van der Waals surface area contributed by atoms with Crippen molar-refractivity contribution in [3.63, 3.8) is 0 Å². The molecule has 0 fully saturated rings. The SMILES string of the molecule is c1ccc(C2(c3ccccc3)c3ccc4ccccc4c3N(c3c(-c4ccccn4)cccc3-c3ccccn3)c3c2ccc2ccccc32)cc1. The highest BCUT2D eigenvalue weighted by atomic mass is 15.2. The van der Waals surface area contributed by atoms with Crippen molar-refractivity contribution in [2.45, 2.75) is 5.41 Å². The Labute approximate surface area is 303 Å². The molecule has 2 aromatic heterocycles. The van der Waals surface area contributed by atoms with Gasteiger partial charge < -0.3 is 4.90 Å². The standard InChI is InChI=1S/C49H33N3/c1-3-18-36(19-4-1)49(37-20-5-2-6-21-37)42-30-28-34-16-7-9-22-38(34)47(42)52(48-39-23-10-8-17-35(39)29-31-43(48)49)46-40(44-26-11-13-32-50-44)24-15-25-41(46)45-27-12-14-33-51-45/h1-33H. The van der Waals surface area contributed by atoms with E-state index in [1.165, 1.54) is 43.8 Å². The van der Waals surface area contributed by atoms with Crippen molar-refractivity contribution in [3.05, 3.63) is 223 Å². The summed E-state index contributed by atoms with van der Waals surface area (Å²) in [6.07, 6.45) is 3.76. The normalized spacial score (nSPS) is 13.1. The second-order valence-electron chi connectivity index (χ2n) is 13.3. The van der Waals surface area contributed by atoms with E-state index in [1.807, 2.05) is 24.5 Å². The molecule has 0 saturated heterocycles.